The molecule has 0 saturated heterocycles. The Kier molecular flexibility index (Phi) is 7.31. The molecule has 0 bridgehead atoms. The number of hydrogen-bond donors (Lipinski definition) is 3. The van der Waals surface area contributed by atoms with Gasteiger partial charge >= 0.3 is 0 Å². The number of fused-ring (bicyclic) bond motifs is 1. The normalized spacial score (nSPS) is 12.0. The van der Waals surface area contributed by atoms with E-state index in [1.54, 1.807) is 17.9 Å². The Hall–Kier alpha value is -4.38. The van der Waals surface area contributed by atoms with Gasteiger partial charge in [0.25, 0.3) is 5.91 Å². The molecule has 0 spiro atoms. The quantitative estimate of drug-likeness (QED) is 0.165. The molecule has 0 unspecified atom stereocenters. The number of carbonyl (C=O) groups is 2. The summed E-state index contributed by atoms with van der Waals surface area (Å²) in [6, 6.07) is 14.1. The number of ketones is 1. The van der Waals surface area contributed by atoms with Crippen LogP contribution in [0.25, 0.3) is 22.0 Å². The largest absolute Gasteiger partial charge is 0.379 e. The van der Waals surface area contributed by atoms with Gasteiger partial charge in [0.2, 0.25) is 0 Å². The molecule has 37 heavy (non-hydrogen) atoms. The molecule has 0 radical (unpaired) electrons. The molecule has 4 N–H and O–H groups in total. The lowest BCUT2D eigenvalue weighted by Gasteiger charge is -2.16. The molecule has 5 rings (SSSR count). The van der Waals surface area contributed by atoms with E-state index in [1.807, 2.05) is 12.1 Å². The number of aromatic amines is 1. The molecule has 188 valence electrons. The second-order valence-electron chi connectivity index (χ2n) is 8.66. The third-order valence-corrected chi connectivity index (χ3v) is 6.89. The highest BCUT2D eigenvalue weighted by molar-refractivity contribution is 7.11. The summed E-state index contributed by atoms with van der Waals surface area (Å²) in [6.07, 6.45) is 6.50. The van der Waals surface area contributed by atoms with Gasteiger partial charge in [-0.25, -0.2) is 9.61 Å². The fraction of sp³-hybridized carbons (Fsp3) is 0.231. The van der Waals surface area contributed by atoms with Crippen molar-refractivity contribution in [2.75, 3.05) is 5.73 Å². The van der Waals surface area contributed by atoms with Gasteiger partial charge in [0.05, 0.1) is 29.6 Å². The Bertz CT molecular complexity index is 1510. The molecule has 3 aromatic heterocycles. The summed E-state index contributed by atoms with van der Waals surface area (Å²) in [5, 5.41) is 12.4. The fourth-order valence-corrected chi connectivity index (χ4v) is 4.69. The zero-order valence-electron chi connectivity index (χ0n) is 19.9. The monoisotopic (exact) mass is 515 g/mol. The predicted molar refractivity (Wildman–Crippen MR) is 140 cm³/mol. The lowest BCUT2D eigenvalue weighted by atomic mass is 10.0. The number of unbranched alkanes of at least 4 members (excludes halogenated alkanes) is 2. The standard InChI is InChI=1S/C26H25N7O3S/c27-24-23(32-36-33-24)21(34)9-3-1-2-8-19(31-26(35)22-14-28-15-37-22)25-29-13-20(30-25)18-11-10-16-6-4-5-7-17(16)12-18/h4-7,10-15,19H,1-3,8-9H2,(H2,27,33)(H,29,30)(H,31,35)/t19-/m0/s1. The minimum Gasteiger partial charge on any atom is -0.379 e. The zero-order valence-corrected chi connectivity index (χ0v) is 20.7. The van der Waals surface area contributed by atoms with Crippen molar-refractivity contribution in [1.29, 1.82) is 0 Å². The molecule has 0 aliphatic rings. The number of carbonyl (C=O) groups excluding carboxylic acids is 2. The van der Waals surface area contributed by atoms with Crippen LogP contribution < -0.4 is 11.1 Å². The number of imidazole rings is 1. The average molecular weight is 516 g/mol. The highest BCUT2D eigenvalue weighted by Crippen LogP contribution is 2.26. The Morgan fingerprint density at radius 1 is 1.05 bits per heavy atom. The van der Waals surface area contributed by atoms with Gasteiger partial charge < -0.3 is 16.0 Å². The van der Waals surface area contributed by atoms with Crippen molar-refractivity contribution in [1.82, 2.24) is 30.6 Å². The van der Waals surface area contributed by atoms with Crippen LogP contribution in [-0.4, -0.2) is 37.0 Å². The first-order valence-electron chi connectivity index (χ1n) is 11.9. The summed E-state index contributed by atoms with van der Waals surface area (Å²) < 4.78 is 4.50. The number of nitrogens with one attached hydrogen (secondary N) is 2. The summed E-state index contributed by atoms with van der Waals surface area (Å²) in [6.45, 7) is 0. The highest BCUT2D eigenvalue weighted by atomic mass is 32.1. The minimum absolute atomic E-state index is 0.0101. The van der Waals surface area contributed by atoms with E-state index in [2.05, 4.69) is 65.5 Å². The van der Waals surface area contributed by atoms with Crippen molar-refractivity contribution >= 4 is 39.6 Å². The van der Waals surface area contributed by atoms with E-state index >= 15 is 0 Å². The molecule has 3 heterocycles. The Morgan fingerprint density at radius 2 is 1.92 bits per heavy atom. The predicted octanol–water partition coefficient (Wildman–Crippen LogP) is 4.96. The zero-order chi connectivity index (χ0) is 25.6. The first-order valence-corrected chi connectivity index (χ1v) is 12.8. The van der Waals surface area contributed by atoms with Crippen LogP contribution in [0.5, 0.6) is 0 Å². The van der Waals surface area contributed by atoms with Crippen molar-refractivity contribution in [2.45, 2.75) is 38.1 Å². The van der Waals surface area contributed by atoms with Gasteiger partial charge in [-0.3, -0.25) is 14.6 Å². The van der Waals surface area contributed by atoms with E-state index in [0.717, 1.165) is 29.5 Å². The average Bonchev–Trinajstić information content (AvgIpc) is 3.69. The maximum Gasteiger partial charge on any atom is 0.263 e. The molecule has 5 aromatic rings. The van der Waals surface area contributed by atoms with Crippen LogP contribution in [0.4, 0.5) is 5.82 Å². The van der Waals surface area contributed by atoms with Crippen molar-refractivity contribution in [3.8, 4) is 11.3 Å². The summed E-state index contributed by atoms with van der Waals surface area (Å²) in [5.41, 5.74) is 9.19. The van der Waals surface area contributed by atoms with E-state index in [1.165, 1.54) is 16.7 Å². The number of nitrogens with two attached hydrogens (primary N) is 1. The van der Waals surface area contributed by atoms with Gasteiger partial charge in [-0.15, -0.1) is 11.3 Å². The molecule has 11 heteroatoms. The molecule has 0 aliphatic heterocycles. The molecule has 2 aromatic carbocycles. The second-order valence-corrected chi connectivity index (χ2v) is 9.54. The maximum atomic E-state index is 12.8. The molecule has 1 atom stereocenters. The number of nitrogens with zero attached hydrogens (tertiary/aromatic N) is 4. The first-order chi connectivity index (χ1) is 18.1. The SMILES string of the molecule is Nc1nonc1C(=O)CCCCC[C@H](NC(=O)c1cncs1)c1ncc(-c2ccc3ccccc3c2)[nH]1. The summed E-state index contributed by atoms with van der Waals surface area (Å²) in [4.78, 5) is 37.6. The molecule has 10 nitrogen and oxygen atoms in total. The fourth-order valence-electron chi connectivity index (χ4n) is 4.17. The van der Waals surface area contributed by atoms with Gasteiger partial charge in [0, 0.05) is 12.0 Å². The van der Waals surface area contributed by atoms with Gasteiger partial charge in [0.1, 0.15) is 10.7 Å². The van der Waals surface area contributed by atoms with E-state index < -0.39 is 0 Å². The van der Waals surface area contributed by atoms with Gasteiger partial charge in [-0.1, -0.05) is 49.2 Å². The summed E-state index contributed by atoms with van der Waals surface area (Å²) in [7, 11) is 0. The molecular weight excluding hydrogens is 490 g/mol. The summed E-state index contributed by atoms with van der Waals surface area (Å²) in [5.74, 6) is 0.301. The number of Topliss-reactive ketones (excluding diaryl/α,β-unsaturated/α-hetero) is 1. The van der Waals surface area contributed by atoms with Crippen molar-refractivity contribution in [3.05, 3.63) is 76.8 Å². The smallest absolute Gasteiger partial charge is 0.263 e. The van der Waals surface area contributed by atoms with Crippen molar-refractivity contribution in [3.63, 3.8) is 0 Å². The second kappa shape index (κ2) is 11.1. The molecule has 0 fully saturated rings. The van der Waals surface area contributed by atoms with Crippen LogP contribution in [-0.2, 0) is 0 Å². The minimum atomic E-state index is -0.324. The van der Waals surface area contributed by atoms with Crippen molar-refractivity contribution in [2.24, 2.45) is 0 Å². The topological polar surface area (TPSA) is 153 Å². The van der Waals surface area contributed by atoms with E-state index in [4.69, 9.17) is 5.73 Å². The van der Waals surface area contributed by atoms with Crippen LogP contribution in [0.2, 0.25) is 0 Å². The Labute approximate surface area is 216 Å². The van der Waals surface area contributed by atoms with Crippen LogP contribution in [0, 0.1) is 0 Å². The molecule has 0 aliphatic carbocycles. The first kappa shape index (κ1) is 24.3. The number of nitrogen functional groups attached to an aromatic ring is 1. The number of anilines is 1. The lowest BCUT2D eigenvalue weighted by molar-refractivity contribution is 0.0935. The van der Waals surface area contributed by atoms with E-state index in [-0.39, 0.29) is 29.2 Å². The number of rotatable bonds is 11. The van der Waals surface area contributed by atoms with Crippen molar-refractivity contribution < 1.29 is 14.2 Å². The van der Waals surface area contributed by atoms with Crippen LogP contribution in [0.1, 0.15) is 64.1 Å². The number of hydrogen-bond acceptors (Lipinski definition) is 9. The van der Waals surface area contributed by atoms with Crippen LogP contribution in [0.15, 0.2) is 65.0 Å². The van der Waals surface area contributed by atoms with Gasteiger partial charge in [-0.2, -0.15) is 0 Å². The van der Waals surface area contributed by atoms with Crippen LogP contribution >= 0.6 is 11.3 Å². The number of thiazole rings is 1. The third kappa shape index (κ3) is 5.72. The summed E-state index contributed by atoms with van der Waals surface area (Å²) >= 11 is 1.29. The lowest BCUT2D eigenvalue weighted by Crippen LogP contribution is -2.28. The molecule has 1 amide bonds. The van der Waals surface area contributed by atoms with E-state index in [9.17, 15) is 9.59 Å². The Balaban J connectivity index is 1.25. The number of amides is 1. The highest BCUT2D eigenvalue weighted by Gasteiger charge is 2.20. The van der Waals surface area contributed by atoms with Gasteiger partial charge in [0.15, 0.2) is 17.3 Å². The third-order valence-electron chi connectivity index (χ3n) is 6.12. The number of aromatic nitrogens is 5. The van der Waals surface area contributed by atoms with E-state index in [0.29, 0.717) is 30.0 Å². The maximum absolute atomic E-state index is 12.8. The Morgan fingerprint density at radius 3 is 2.70 bits per heavy atom. The molecular formula is C26H25N7O3S. The number of H-pyrrole nitrogens is 1. The number of benzene rings is 2. The van der Waals surface area contributed by atoms with Crippen LogP contribution in [0.3, 0.4) is 0 Å². The molecule has 0 saturated carbocycles. The van der Waals surface area contributed by atoms with Gasteiger partial charge in [-0.05, 0) is 40.0 Å².